The number of tetrazole rings is 1. The van der Waals surface area contributed by atoms with E-state index in [0.29, 0.717) is 16.7 Å². The molecule has 4 saturated carbocycles. The van der Waals surface area contributed by atoms with Crippen LogP contribution in [0.2, 0.25) is 0 Å². The van der Waals surface area contributed by atoms with E-state index in [0.717, 1.165) is 54.5 Å². The summed E-state index contributed by atoms with van der Waals surface area (Å²) in [5, 5.41) is 12.9. The Morgan fingerprint density at radius 2 is 1.94 bits per heavy atom. The molecule has 5 nitrogen and oxygen atoms in total. The molecule has 0 aromatic carbocycles. The van der Waals surface area contributed by atoms with Crippen LogP contribution in [0, 0.1) is 59.2 Å². The Balaban J connectivity index is 1.34. The normalized spacial score (nSPS) is 43.5. The van der Waals surface area contributed by atoms with E-state index < -0.39 is 0 Å². The number of ether oxygens (including phenoxy) is 1. The number of nitrogens with zero attached hydrogens (tertiary/aromatic N) is 4. The molecule has 0 radical (unpaired) electrons. The van der Waals surface area contributed by atoms with Gasteiger partial charge in [-0.15, -0.1) is 10.2 Å². The Labute approximate surface area is 201 Å². The Hall–Kier alpha value is -0.970. The summed E-state index contributed by atoms with van der Waals surface area (Å²) in [6.07, 6.45) is 15.7. The fraction of sp³-hybridized carbons (Fsp3) is 0.964. The molecular formula is C28H48N4O. The zero-order valence-corrected chi connectivity index (χ0v) is 21.9. The van der Waals surface area contributed by atoms with Gasteiger partial charge >= 0.3 is 0 Å². The van der Waals surface area contributed by atoms with Crippen molar-refractivity contribution in [1.82, 2.24) is 20.2 Å². The van der Waals surface area contributed by atoms with Gasteiger partial charge in [-0.05, 0) is 122 Å². The number of methoxy groups -OCH3 is 1. The third-order valence-electron chi connectivity index (χ3n) is 11.3. The van der Waals surface area contributed by atoms with Gasteiger partial charge in [-0.1, -0.05) is 33.6 Å². The lowest BCUT2D eigenvalue weighted by atomic mass is 9.43. The second kappa shape index (κ2) is 9.24. The Kier molecular flexibility index (Phi) is 6.65. The van der Waals surface area contributed by atoms with Crippen LogP contribution >= 0.6 is 0 Å². The van der Waals surface area contributed by atoms with Gasteiger partial charge in [0.25, 0.3) is 0 Å². The van der Waals surface area contributed by atoms with Crippen molar-refractivity contribution in [3.8, 4) is 0 Å². The Bertz CT molecular complexity index is 810. The second-order valence-corrected chi connectivity index (χ2v) is 12.8. The molecule has 0 bridgehead atoms. The van der Waals surface area contributed by atoms with Crippen molar-refractivity contribution in [2.45, 2.75) is 105 Å². The SMILES string of the molecule is CCC[C@H]1CC[C@]2(COC)C3CC[C@@]4(C)C(CC[C@@H]4[C@H](C)Cn4nnc(C)n4)[C@@H]3CC[C@@H]2C1. The van der Waals surface area contributed by atoms with Crippen LogP contribution in [0.3, 0.4) is 0 Å². The number of aryl methyl sites for hydroxylation is 1. The van der Waals surface area contributed by atoms with Gasteiger partial charge in [0.2, 0.25) is 0 Å². The lowest BCUT2D eigenvalue weighted by Crippen LogP contribution is -2.56. The fourth-order valence-electron chi connectivity index (χ4n) is 10.1. The number of rotatable bonds is 7. The van der Waals surface area contributed by atoms with Crippen molar-refractivity contribution in [2.24, 2.45) is 52.3 Å². The average molecular weight is 457 g/mol. The largest absolute Gasteiger partial charge is 0.384 e. The lowest BCUT2D eigenvalue weighted by molar-refractivity contribution is -0.154. The summed E-state index contributed by atoms with van der Waals surface area (Å²) in [5.41, 5.74) is 0.950. The molecule has 0 N–H and O–H groups in total. The third kappa shape index (κ3) is 3.98. The molecule has 0 saturated heterocycles. The molecule has 2 unspecified atom stereocenters. The zero-order valence-electron chi connectivity index (χ0n) is 21.9. The molecule has 1 aromatic rings. The summed E-state index contributed by atoms with van der Waals surface area (Å²) in [6.45, 7) is 11.3. The maximum atomic E-state index is 6.03. The number of hydrogen-bond donors (Lipinski definition) is 0. The van der Waals surface area contributed by atoms with Crippen molar-refractivity contribution in [1.29, 1.82) is 0 Å². The van der Waals surface area contributed by atoms with Crippen LogP contribution in [0.1, 0.15) is 97.2 Å². The van der Waals surface area contributed by atoms with E-state index in [1.165, 1.54) is 70.6 Å². The molecule has 9 atom stereocenters. The van der Waals surface area contributed by atoms with Gasteiger partial charge in [-0.25, -0.2) is 0 Å². The van der Waals surface area contributed by atoms with Gasteiger partial charge in [-0.2, -0.15) is 4.80 Å². The Morgan fingerprint density at radius 3 is 2.67 bits per heavy atom. The summed E-state index contributed by atoms with van der Waals surface area (Å²) < 4.78 is 6.03. The first kappa shape index (κ1) is 23.8. The van der Waals surface area contributed by atoms with Crippen LogP contribution in [-0.4, -0.2) is 33.9 Å². The highest BCUT2D eigenvalue weighted by Gasteiger charge is 2.61. The first-order valence-electron chi connectivity index (χ1n) is 14.1. The quantitative estimate of drug-likeness (QED) is 0.482. The van der Waals surface area contributed by atoms with Gasteiger partial charge in [0.1, 0.15) is 0 Å². The van der Waals surface area contributed by atoms with E-state index in [1.807, 2.05) is 18.8 Å². The minimum atomic E-state index is 0.467. The maximum Gasteiger partial charge on any atom is 0.171 e. The Morgan fingerprint density at radius 1 is 1.09 bits per heavy atom. The maximum absolute atomic E-state index is 6.03. The lowest BCUT2D eigenvalue weighted by Gasteiger charge is -2.62. The molecule has 4 fully saturated rings. The van der Waals surface area contributed by atoms with Crippen LogP contribution < -0.4 is 0 Å². The minimum absolute atomic E-state index is 0.467. The van der Waals surface area contributed by atoms with Gasteiger partial charge in [0.15, 0.2) is 5.82 Å². The molecule has 0 amide bonds. The first-order valence-corrected chi connectivity index (χ1v) is 14.1. The molecule has 0 spiro atoms. The van der Waals surface area contributed by atoms with Crippen LogP contribution in [0.15, 0.2) is 0 Å². The van der Waals surface area contributed by atoms with Crippen LogP contribution in [0.25, 0.3) is 0 Å². The number of aromatic nitrogens is 4. The third-order valence-corrected chi connectivity index (χ3v) is 11.3. The van der Waals surface area contributed by atoms with Crippen molar-refractivity contribution in [2.75, 3.05) is 13.7 Å². The van der Waals surface area contributed by atoms with E-state index in [1.54, 1.807) is 0 Å². The molecule has 33 heavy (non-hydrogen) atoms. The topological polar surface area (TPSA) is 52.8 Å². The van der Waals surface area contributed by atoms with Gasteiger partial charge in [0, 0.05) is 7.11 Å². The smallest absolute Gasteiger partial charge is 0.171 e. The van der Waals surface area contributed by atoms with Crippen molar-refractivity contribution in [3.63, 3.8) is 0 Å². The molecular weight excluding hydrogens is 408 g/mol. The van der Waals surface area contributed by atoms with E-state index in [4.69, 9.17) is 4.74 Å². The van der Waals surface area contributed by atoms with E-state index >= 15 is 0 Å². The highest BCUT2D eigenvalue weighted by molar-refractivity contribution is 5.10. The predicted octanol–water partition coefficient (Wildman–Crippen LogP) is 6.32. The minimum Gasteiger partial charge on any atom is -0.384 e. The molecule has 186 valence electrons. The summed E-state index contributed by atoms with van der Waals surface area (Å²) in [4.78, 5) is 1.84. The molecule has 4 aliphatic rings. The highest BCUT2D eigenvalue weighted by Crippen LogP contribution is 2.68. The van der Waals surface area contributed by atoms with Crippen molar-refractivity contribution >= 4 is 0 Å². The van der Waals surface area contributed by atoms with E-state index in [-0.39, 0.29) is 0 Å². The van der Waals surface area contributed by atoms with Crippen molar-refractivity contribution in [3.05, 3.63) is 5.82 Å². The molecule has 1 aromatic heterocycles. The summed E-state index contributed by atoms with van der Waals surface area (Å²) in [7, 11) is 1.97. The second-order valence-electron chi connectivity index (χ2n) is 12.8. The first-order chi connectivity index (χ1) is 15.9. The summed E-state index contributed by atoms with van der Waals surface area (Å²) in [5.74, 6) is 6.77. The summed E-state index contributed by atoms with van der Waals surface area (Å²) in [6, 6.07) is 0. The van der Waals surface area contributed by atoms with E-state index in [9.17, 15) is 0 Å². The van der Waals surface area contributed by atoms with Crippen molar-refractivity contribution < 1.29 is 4.74 Å². The van der Waals surface area contributed by atoms with Crippen LogP contribution in [-0.2, 0) is 11.3 Å². The molecule has 4 aliphatic carbocycles. The molecule has 0 aliphatic heterocycles. The highest BCUT2D eigenvalue weighted by atomic mass is 16.5. The van der Waals surface area contributed by atoms with Gasteiger partial charge in [-0.3, -0.25) is 0 Å². The number of fused-ring (bicyclic) bond motifs is 5. The summed E-state index contributed by atoms with van der Waals surface area (Å²) >= 11 is 0. The molecule has 1 heterocycles. The van der Waals surface area contributed by atoms with E-state index in [2.05, 4.69) is 36.2 Å². The monoisotopic (exact) mass is 456 g/mol. The van der Waals surface area contributed by atoms with Crippen LogP contribution in [0.5, 0.6) is 0 Å². The van der Waals surface area contributed by atoms with Gasteiger partial charge < -0.3 is 4.74 Å². The average Bonchev–Trinajstić information content (AvgIpc) is 3.36. The van der Waals surface area contributed by atoms with Crippen LogP contribution in [0.4, 0.5) is 0 Å². The standard InChI is InChI=1S/C28H48N4O/c1-6-7-21-12-15-28(18-33-5)22(16-21)8-9-23-25-11-10-24(27(25,4)14-13-26(23)28)19(2)17-32-30-20(3)29-31-32/h19,21-26H,6-18H2,1-5H3/t19-,21+,22-,23+,24-,25?,26?,27-,28-/m1/s1. The fourth-order valence-corrected chi connectivity index (χ4v) is 10.1. The predicted molar refractivity (Wildman–Crippen MR) is 132 cm³/mol. The van der Waals surface area contributed by atoms with Gasteiger partial charge in [0.05, 0.1) is 13.2 Å². The molecule has 5 rings (SSSR count). The number of hydrogen-bond acceptors (Lipinski definition) is 4. The zero-order chi connectivity index (χ0) is 23.2. The molecule has 5 heteroatoms.